The minimum atomic E-state index is 0. The van der Waals surface area contributed by atoms with E-state index in [2.05, 4.69) is 9.68 Å². The van der Waals surface area contributed by atoms with Gasteiger partial charge in [-0.05, 0) is 6.92 Å². The molecule has 9 heavy (non-hydrogen) atoms. The summed E-state index contributed by atoms with van der Waals surface area (Å²) in [5.74, 6) is 0. The summed E-state index contributed by atoms with van der Waals surface area (Å²) in [5, 5.41) is 3.45. The minimum Gasteiger partial charge on any atom is -0.365 e. The van der Waals surface area contributed by atoms with Gasteiger partial charge in [-0.15, -0.1) is 24.0 Å². The summed E-state index contributed by atoms with van der Waals surface area (Å²) in [7, 11) is 0. The smallest absolute Gasteiger partial charge is 0.126 e. The fourth-order valence-electron chi connectivity index (χ4n) is 0.258. The Morgan fingerprint density at radius 3 is 2.11 bits per heavy atom. The van der Waals surface area contributed by atoms with E-state index in [0.29, 0.717) is 0 Å². The van der Waals surface area contributed by atoms with E-state index < -0.39 is 0 Å². The van der Waals surface area contributed by atoms with Crippen LogP contribution in [0.1, 0.15) is 19.4 Å². The van der Waals surface area contributed by atoms with Crippen LogP contribution < -0.4 is 0 Å². The Hall–Kier alpha value is -0.0600. The lowest BCUT2D eigenvalue weighted by Crippen LogP contribution is -1.50. The van der Waals surface area contributed by atoms with Gasteiger partial charge in [-0.2, -0.15) is 0 Å². The molecule has 0 spiro atoms. The molecule has 0 aromatic carbocycles. The standard InChI is InChI=1S/C4H5NO.C2H6.HI/c1-4-2-5-6-3-4;1-2;/h2-3H,1H3;1-2H3;1H. The predicted octanol–water partition coefficient (Wildman–Crippen LogP) is 2.63. The molecule has 2 nitrogen and oxygen atoms in total. The Labute approximate surface area is 72.6 Å². The second-order valence-electron chi connectivity index (χ2n) is 1.20. The van der Waals surface area contributed by atoms with Crippen molar-refractivity contribution in [2.24, 2.45) is 0 Å². The van der Waals surface area contributed by atoms with Crippen LogP contribution in [0, 0.1) is 6.92 Å². The monoisotopic (exact) mass is 241 g/mol. The van der Waals surface area contributed by atoms with Crippen molar-refractivity contribution in [1.82, 2.24) is 5.16 Å². The lowest BCUT2D eigenvalue weighted by molar-refractivity contribution is 0.419. The number of nitrogens with zero attached hydrogens (tertiary/aromatic N) is 1. The quantitative estimate of drug-likeness (QED) is 0.652. The molecule has 1 aromatic heterocycles. The molecule has 0 saturated heterocycles. The predicted molar refractivity (Wildman–Crippen MR) is 48.0 cm³/mol. The molecule has 0 unspecified atom stereocenters. The second-order valence-corrected chi connectivity index (χ2v) is 1.20. The van der Waals surface area contributed by atoms with Crippen LogP contribution in [0.4, 0.5) is 0 Å². The molecular weight excluding hydrogens is 229 g/mol. The van der Waals surface area contributed by atoms with Gasteiger partial charge in [0, 0.05) is 5.56 Å². The van der Waals surface area contributed by atoms with Gasteiger partial charge in [0.1, 0.15) is 6.26 Å². The van der Waals surface area contributed by atoms with Gasteiger partial charge < -0.3 is 4.52 Å². The molecule has 0 aliphatic carbocycles. The van der Waals surface area contributed by atoms with Crippen molar-refractivity contribution in [3.8, 4) is 0 Å². The Balaban J connectivity index is 0. The van der Waals surface area contributed by atoms with E-state index in [0.717, 1.165) is 5.56 Å². The van der Waals surface area contributed by atoms with Gasteiger partial charge in [-0.25, -0.2) is 0 Å². The Morgan fingerprint density at radius 2 is 2.00 bits per heavy atom. The average Bonchev–Trinajstić information content (AvgIpc) is 2.24. The summed E-state index contributed by atoms with van der Waals surface area (Å²) >= 11 is 0. The van der Waals surface area contributed by atoms with Crippen LogP contribution in [0.15, 0.2) is 17.0 Å². The summed E-state index contributed by atoms with van der Waals surface area (Å²) in [6.07, 6.45) is 3.26. The van der Waals surface area contributed by atoms with Gasteiger partial charge in [0.2, 0.25) is 0 Å². The fourth-order valence-corrected chi connectivity index (χ4v) is 0.258. The van der Waals surface area contributed by atoms with Crippen LogP contribution in [0.5, 0.6) is 0 Å². The maximum Gasteiger partial charge on any atom is 0.126 e. The van der Waals surface area contributed by atoms with Crippen LogP contribution in [0.2, 0.25) is 0 Å². The molecule has 0 amide bonds. The van der Waals surface area contributed by atoms with Crippen LogP contribution in [0.25, 0.3) is 0 Å². The molecule has 0 saturated carbocycles. The highest BCUT2D eigenvalue weighted by molar-refractivity contribution is 14.0. The largest absolute Gasteiger partial charge is 0.365 e. The minimum absolute atomic E-state index is 0. The molecule has 0 atom stereocenters. The maximum atomic E-state index is 4.46. The van der Waals surface area contributed by atoms with Crippen LogP contribution >= 0.6 is 24.0 Å². The number of halogens is 1. The highest BCUT2D eigenvalue weighted by Gasteiger charge is 1.77. The normalized spacial score (nSPS) is 6.56. The first-order chi connectivity index (χ1) is 3.89. The zero-order chi connectivity index (χ0) is 6.41. The van der Waals surface area contributed by atoms with Crippen molar-refractivity contribution in [2.45, 2.75) is 20.8 Å². The van der Waals surface area contributed by atoms with Crippen molar-refractivity contribution in [1.29, 1.82) is 0 Å². The van der Waals surface area contributed by atoms with Gasteiger partial charge >= 0.3 is 0 Å². The van der Waals surface area contributed by atoms with E-state index >= 15 is 0 Å². The van der Waals surface area contributed by atoms with Gasteiger partial charge in [0.15, 0.2) is 0 Å². The van der Waals surface area contributed by atoms with Crippen molar-refractivity contribution < 1.29 is 4.52 Å². The van der Waals surface area contributed by atoms with Crippen LogP contribution in [-0.2, 0) is 0 Å². The second kappa shape index (κ2) is 7.94. The van der Waals surface area contributed by atoms with Crippen molar-refractivity contribution in [3.63, 3.8) is 0 Å². The van der Waals surface area contributed by atoms with E-state index in [1.165, 1.54) is 0 Å². The number of rotatable bonds is 0. The number of hydrogen-bond donors (Lipinski definition) is 0. The molecule has 3 heteroatoms. The molecule has 0 N–H and O–H groups in total. The molecule has 1 rings (SSSR count). The van der Waals surface area contributed by atoms with E-state index in [4.69, 9.17) is 0 Å². The molecule has 0 radical (unpaired) electrons. The summed E-state index contributed by atoms with van der Waals surface area (Å²) in [5.41, 5.74) is 1.06. The molecule has 54 valence electrons. The molecule has 1 aromatic rings. The highest BCUT2D eigenvalue weighted by Crippen LogP contribution is 1.88. The SMILES string of the molecule is CC.Cc1cnoc1.I. The summed E-state index contributed by atoms with van der Waals surface area (Å²) in [6, 6.07) is 0. The van der Waals surface area contributed by atoms with Gasteiger partial charge in [-0.1, -0.05) is 19.0 Å². The van der Waals surface area contributed by atoms with Gasteiger partial charge in [-0.3, -0.25) is 0 Å². The van der Waals surface area contributed by atoms with Gasteiger partial charge in [0.25, 0.3) is 0 Å². The Morgan fingerprint density at radius 1 is 1.44 bits per heavy atom. The van der Waals surface area contributed by atoms with E-state index in [1.807, 2.05) is 20.8 Å². The number of aryl methyl sites for hydroxylation is 1. The fraction of sp³-hybridized carbons (Fsp3) is 0.500. The van der Waals surface area contributed by atoms with E-state index in [1.54, 1.807) is 12.5 Å². The molecular formula is C6H12INO. The molecule has 0 bridgehead atoms. The first kappa shape index (κ1) is 11.7. The lowest BCUT2D eigenvalue weighted by atomic mass is 10.4. The Bertz CT molecular complexity index is 117. The zero-order valence-electron chi connectivity index (χ0n) is 5.92. The number of aromatic nitrogens is 1. The third-order valence-electron chi connectivity index (χ3n) is 0.556. The topological polar surface area (TPSA) is 26.0 Å². The molecule has 1 heterocycles. The molecule has 0 fully saturated rings. The van der Waals surface area contributed by atoms with Crippen LogP contribution in [0.3, 0.4) is 0 Å². The molecule has 0 aliphatic rings. The molecule has 0 aliphatic heterocycles. The van der Waals surface area contributed by atoms with E-state index in [9.17, 15) is 0 Å². The average molecular weight is 241 g/mol. The van der Waals surface area contributed by atoms with Gasteiger partial charge in [0.05, 0.1) is 6.20 Å². The maximum absolute atomic E-state index is 4.46. The first-order valence-corrected chi connectivity index (χ1v) is 2.75. The summed E-state index contributed by atoms with van der Waals surface area (Å²) < 4.78 is 4.46. The summed E-state index contributed by atoms with van der Waals surface area (Å²) in [6.45, 7) is 5.93. The summed E-state index contributed by atoms with van der Waals surface area (Å²) in [4.78, 5) is 0. The van der Waals surface area contributed by atoms with Crippen molar-refractivity contribution in [3.05, 3.63) is 18.0 Å². The number of hydrogen-bond acceptors (Lipinski definition) is 2. The third kappa shape index (κ3) is 5.82. The lowest BCUT2D eigenvalue weighted by Gasteiger charge is -1.60. The van der Waals surface area contributed by atoms with Crippen molar-refractivity contribution in [2.75, 3.05) is 0 Å². The zero-order valence-corrected chi connectivity index (χ0v) is 8.25. The van der Waals surface area contributed by atoms with Crippen LogP contribution in [-0.4, -0.2) is 5.16 Å². The highest BCUT2D eigenvalue weighted by atomic mass is 127. The van der Waals surface area contributed by atoms with E-state index in [-0.39, 0.29) is 24.0 Å². The third-order valence-corrected chi connectivity index (χ3v) is 0.556. The Kier molecular flexibility index (Phi) is 10.3. The van der Waals surface area contributed by atoms with Crippen molar-refractivity contribution >= 4 is 24.0 Å². The first-order valence-electron chi connectivity index (χ1n) is 2.75.